The average molecular weight is 379 g/mol. The Bertz CT molecular complexity index is 958. The molecule has 0 radical (unpaired) electrons. The molecule has 0 aliphatic carbocycles. The highest BCUT2D eigenvalue weighted by Gasteiger charge is 2.16. The lowest BCUT2D eigenvalue weighted by Crippen LogP contribution is -2.31. The number of nitrogens with one attached hydrogen (secondary N) is 1. The maximum atomic E-state index is 12.4. The van der Waals surface area contributed by atoms with Crippen LogP contribution in [0.3, 0.4) is 0 Å². The number of hydrogen-bond donors (Lipinski definition) is 1. The minimum absolute atomic E-state index is 0.131. The third-order valence-corrected chi connectivity index (χ3v) is 4.60. The van der Waals surface area contributed by atoms with Crippen molar-refractivity contribution < 1.29 is 19.0 Å². The molecule has 0 bridgehead atoms. The Morgan fingerprint density at radius 2 is 1.61 bits per heavy atom. The van der Waals surface area contributed by atoms with E-state index in [-0.39, 0.29) is 18.6 Å². The third-order valence-electron chi connectivity index (χ3n) is 4.60. The molecule has 0 spiro atoms. The van der Waals surface area contributed by atoms with Crippen LogP contribution in [0, 0.1) is 6.92 Å². The van der Waals surface area contributed by atoms with Gasteiger partial charge in [0.1, 0.15) is 0 Å². The van der Waals surface area contributed by atoms with Gasteiger partial charge in [0.25, 0.3) is 5.91 Å². The normalized spacial score (nSPS) is 11.7. The smallest absolute Gasteiger partial charge is 0.258 e. The monoisotopic (exact) mass is 379 g/mol. The first-order valence-electron chi connectivity index (χ1n) is 9.15. The van der Waals surface area contributed by atoms with Crippen LogP contribution < -0.4 is 19.5 Å². The van der Waals surface area contributed by atoms with Crippen LogP contribution in [0.25, 0.3) is 10.8 Å². The molecule has 0 aromatic heterocycles. The number of carbonyl (C=O) groups excluding carboxylic acids is 1. The van der Waals surface area contributed by atoms with Gasteiger partial charge in [-0.25, -0.2) is 0 Å². The van der Waals surface area contributed by atoms with Crippen molar-refractivity contribution in [3.05, 3.63) is 65.7 Å². The molecule has 0 saturated heterocycles. The summed E-state index contributed by atoms with van der Waals surface area (Å²) in [6.07, 6.45) is 0. The highest BCUT2D eigenvalue weighted by molar-refractivity contribution is 5.83. The predicted octanol–water partition coefficient (Wildman–Crippen LogP) is 4.42. The Morgan fingerprint density at radius 1 is 0.964 bits per heavy atom. The molecule has 0 fully saturated rings. The van der Waals surface area contributed by atoms with E-state index < -0.39 is 0 Å². The number of methoxy groups -OCH3 is 2. The lowest BCUT2D eigenvalue weighted by atomic mass is 10.0. The minimum Gasteiger partial charge on any atom is -0.493 e. The van der Waals surface area contributed by atoms with E-state index in [0.717, 1.165) is 16.5 Å². The summed E-state index contributed by atoms with van der Waals surface area (Å²) >= 11 is 0. The van der Waals surface area contributed by atoms with Crippen LogP contribution in [-0.4, -0.2) is 26.7 Å². The van der Waals surface area contributed by atoms with Crippen molar-refractivity contribution >= 4 is 16.7 Å². The molecule has 3 aromatic rings. The van der Waals surface area contributed by atoms with Crippen molar-refractivity contribution in [3.8, 4) is 17.2 Å². The Balaban J connectivity index is 1.67. The van der Waals surface area contributed by atoms with Crippen LogP contribution in [0.4, 0.5) is 0 Å². The largest absolute Gasteiger partial charge is 0.493 e. The first-order chi connectivity index (χ1) is 13.5. The average Bonchev–Trinajstić information content (AvgIpc) is 2.71. The lowest BCUT2D eigenvalue weighted by Gasteiger charge is -2.17. The summed E-state index contributed by atoms with van der Waals surface area (Å²) in [5, 5.41) is 5.29. The summed E-state index contributed by atoms with van der Waals surface area (Å²) in [5.74, 6) is 1.27. The number of fused-ring (bicyclic) bond motifs is 1. The number of amides is 1. The molecule has 1 atom stereocenters. The molecule has 1 N–H and O–H groups in total. The van der Waals surface area contributed by atoms with Gasteiger partial charge in [-0.1, -0.05) is 36.4 Å². The van der Waals surface area contributed by atoms with Gasteiger partial charge >= 0.3 is 0 Å². The highest BCUT2D eigenvalue weighted by Crippen LogP contribution is 2.38. The summed E-state index contributed by atoms with van der Waals surface area (Å²) in [7, 11) is 3.12. The van der Waals surface area contributed by atoms with Crippen LogP contribution in [-0.2, 0) is 4.79 Å². The van der Waals surface area contributed by atoms with E-state index in [4.69, 9.17) is 14.2 Å². The van der Waals surface area contributed by atoms with Gasteiger partial charge in [0.15, 0.2) is 18.1 Å². The molecule has 0 aliphatic rings. The van der Waals surface area contributed by atoms with Gasteiger partial charge < -0.3 is 19.5 Å². The van der Waals surface area contributed by atoms with Crippen LogP contribution in [0.15, 0.2) is 54.6 Å². The molecule has 3 aromatic carbocycles. The van der Waals surface area contributed by atoms with Crippen molar-refractivity contribution in [3.63, 3.8) is 0 Å². The van der Waals surface area contributed by atoms with E-state index in [1.807, 2.05) is 44.2 Å². The summed E-state index contributed by atoms with van der Waals surface area (Å²) in [6.45, 7) is 3.76. The van der Waals surface area contributed by atoms with E-state index in [2.05, 4.69) is 29.6 Å². The van der Waals surface area contributed by atoms with Gasteiger partial charge in [0.2, 0.25) is 5.75 Å². The Labute approximate surface area is 165 Å². The second-order valence-electron chi connectivity index (χ2n) is 6.68. The standard InChI is InChI=1S/C23H25NO4/c1-15-11-20(26-3)23(21(12-15)27-4)28-14-22(25)24-16(2)18-10-9-17-7-5-6-8-19(17)13-18/h5-13,16H,14H2,1-4H3,(H,24,25). The van der Waals surface area contributed by atoms with Crippen LogP contribution >= 0.6 is 0 Å². The second-order valence-corrected chi connectivity index (χ2v) is 6.68. The van der Waals surface area contributed by atoms with Gasteiger partial charge in [-0.3, -0.25) is 4.79 Å². The first kappa shape index (κ1) is 19.5. The number of carbonyl (C=O) groups is 1. The molecule has 5 nitrogen and oxygen atoms in total. The fraction of sp³-hybridized carbons (Fsp3) is 0.261. The Kier molecular flexibility index (Phi) is 6.04. The predicted molar refractivity (Wildman–Crippen MR) is 110 cm³/mol. The summed E-state index contributed by atoms with van der Waals surface area (Å²) in [4.78, 5) is 12.4. The molecule has 3 rings (SSSR count). The zero-order valence-electron chi connectivity index (χ0n) is 16.6. The number of benzene rings is 3. The van der Waals surface area contributed by atoms with E-state index in [1.54, 1.807) is 14.2 Å². The molecule has 0 aliphatic heterocycles. The van der Waals surface area contributed by atoms with Crippen molar-refractivity contribution in [1.82, 2.24) is 5.32 Å². The fourth-order valence-electron chi connectivity index (χ4n) is 3.13. The minimum atomic E-state index is -0.217. The molecule has 0 heterocycles. The zero-order chi connectivity index (χ0) is 20.1. The van der Waals surface area contributed by atoms with Crippen molar-refractivity contribution in [2.24, 2.45) is 0 Å². The van der Waals surface area contributed by atoms with E-state index in [1.165, 1.54) is 5.39 Å². The lowest BCUT2D eigenvalue weighted by molar-refractivity contribution is -0.123. The molecule has 0 saturated carbocycles. The molecule has 146 valence electrons. The second kappa shape index (κ2) is 8.65. The van der Waals surface area contributed by atoms with Crippen molar-refractivity contribution in [2.45, 2.75) is 19.9 Å². The molecular formula is C23H25NO4. The van der Waals surface area contributed by atoms with Gasteiger partial charge in [-0.2, -0.15) is 0 Å². The van der Waals surface area contributed by atoms with E-state index in [9.17, 15) is 4.79 Å². The van der Waals surface area contributed by atoms with Gasteiger partial charge in [0.05, 0.1) is 20.3 Å². The van der Waals surface area contributed by atoms with Gasteiger partial charge in [0, 0.05) is 0 Å². The summed E-state index contributed by atoms with van der Waals surface area (Å²) in [6, 6.07) is 17.9. The van der Waals surface area contributed by atoms with Crippen molar-refractivity contribution in [1.29, 1.82) is 0 Å². The summed E-state index contributed by atoms with van der Waals surface area (Å²) < 4.78 is 16.4. The highest BCUT2D eigenvalue weighted by atomic mass is 16.5. The zero-order valence-corrected chi connectivity index (χ0v) is 16.6. The quantitative estimate of drug-likeness (QED) is 0.660. The number of rotatable bonds is 7. The number of hydrogen-bond acceptors (Lipinski definition) is 4. The van der Waals surface area contributed by atoms with Crippen molar-refractivity contribution in [2.75, 3.05) is 20.8 Å². The Morgan fingerprint density at radius 3 is 2.25 bits per heavy atom. The number of ether oxygens (including phenoxy) is 3. The molecular weight excluding hydrogens is 354 g/mol. The molecule has 5 heteroatoms. The summed E-state index contributed by atoms with van der Waals surface area (Å²) in [5.41, 5.74) is 2.02. The van der Waals surface area contributed by atoms with Crippen LogP contribution in [0.5, 0.6) is 17.2 Å². The molecule has 28 heavy (non-hydrogen) atoms. The number of aryl methyl sites for hydroxylation is 1. The SMILES string of the molecule is COc1cc(C)cc(OC)c1OCC(=O)NC(C)c1ccc2ccccc2c1. The Hall–Kier alpha value is -3.21. The van der Waals surface area contributed by atoms with Gasteiger partial charge in [-0.05, 0) is 53.9 Å². The maximum Gasteiger partial charge on any atom is 0.258 e. The van der Waals surface area contributed by atoms with E-state index >= 15 is 0 Å². The molecule has 1 amide bonds. The van der Waals surface area contributed by atoms with Crippen LogP contribution in [0.1, 0.15) is 24.1 Å². The van der Waals surface area contributed by atoms with Gasteiger partial charge in [-0.15, -0.1) is 0 Å². The van der Waals surface area contributed by atoms with E-state index in [0.29, 0.717) is 17.2 Å². The first-order valence-corrected chi connectivity index (χ1v) is 9.15. The van der Waals surface area contributed by atoms with Crippen LogP contribution in [0.2, 0.25) is 0 Å². The molecule has 1 unspecified atom stereocenters. The third kappa shape index (κ3) is 4.36. The topological polar surface area (TPSA) is 56.8 Å². The maximum absolute atomic E-state index is 12.4. The fourth-order valence-corrected chi connectivity index (χ4v) is 3.13.